The fraction of sp³-hybridized carbons (Fsp3) is 0.133. The zero-order valence-electron chi connectivity index (χ0n) is 11.6. The summed E-state index contributed by atoms with van der Waals surface area (Å²) in [7, 11) is 0. The Hall–Kier alpha value is -0.910. The van der Waals surface area contributed by atoms with Gasteiger partial charge in [-0.3, -0.25) is 0 Å². The Labute approximate surface area is 151 Å². The second-order valence-electron chi connectivity index (χ2n) is 4.17. The van der Waals surface area contributed by atoms with Crippen molar-refractivity contribution < 1.29 is 43.8 Å². The van der Waals surface area contributed by atoms with E-state index in [2.05, 4.69) is 5.32 Å². The minimum atomic E-state index is -1.23. The van der Waals surface area contributed by atoms with E-state index in [4.69, 9.17) is 0 Å². The van der Waals surface area contributed by atoms with Gasteiger partial charge in [-0.2, -0.15) is 0 Å². The summed E-state index contributed by atoms with van der Waals surface area (Å²) in [5.41, 5.74) is 1.44. The number of hydrogen-bond acceptors (Lipinski definition) is 3. The fourth-order valence-electron chi connectivity index (χ4n) is 1.81. The second kappa shape index (κ2) is 9.92. The van der Waals surface area contributed by atoms with E-state index < -0.39 is 17.8 Å². The number of nitrogens with one attached hydrogen (secondary N) is 1. The normalized spacial score (nSPS) is 10.9. The van der Waals surface area contributed by atoms with E-state index in [1.54, 1.807) is 0 Å². The van der Waals surface area contributed by atoms with Crippen molar-refractivity contribution in [3.8, 4) is 0 Å². The number of carboxylic acid groups (broad SMARTS) is 1. The Morgan fingerprint density at radius 3 is 2.19 bits per heavy atom. The van der Waals surface area contributed by atoms with Gasteiger partial charge in [0.05, 0.1) is 12.0 Å². The third kappa shape index (κ3) is 6.16. The van der Waals surface area contributed by atoms with Crippen molar-refractivity contribution in [2.45, 2.75) is 12.6 Å². The van der Waals surface area contributed by atoms with Crippen molar-refractivity contribution in [2.75, 3.05) is 0 Å². The molecule has 0 aliphatic rings. The first-order valence-corrected chi connectivity index (χ1v) is 5.90. The van der Waals surface area contributed by atoms with Crippen LogP contribution in [0, 0.1) is 5.82 Å². The van der Waals surface area contributed by atoms with Crippen molar-refractivity contribution in [3.05, 3.63) is 71.5 Å². The summed E-state index contributed by atoms with van der Waals surface area (Å²) in [6.07, 6.45) is 0. The van der Waals surface area contributed by atoms with E-state index in [9.17, 15) is 14.3 Å². The quantitative estimate of drug-likeness (QED) is 0.707. The van der Waals surface area contributed by atoms with E-state index in [1.807, 2.05) is 30.3 Å². The largest absolute Gasteiger partial charge is 1.00 e. The average molecular weight is 318 g/mol. The number of carbonyl (C=O) groups excluding carboxylic acids is 1. The van der Waals surface area contributed by atoms with Crippen molar-refractivity contribution in [2.24, 2.45) is 0 Å². The molecule has 0 amide bonds. The smallest absolute Gasteiger partial charge is 0.548 e. The molecule has 1 N–H and O–H groups in total. The Kier molecular flexibility index (Phi) is 9.49. The van der Waals surface area contributed by atoms with Crippen LogP contribution in [0.3, 0.4) is 0 Å². The van der Waals surface area contributed by atoms with Crippen molar-refractivity contribution in [1.29, 1.82) is 0 Å². The van der Waals surface area contributed by atoms with Crippen molar-refractivity contribution in [1.82, 2.24) is 5.32 Å². The number of aliphatic carboxylic acids is 1. The SMILES string of the molecule is Cl.O=C([O-])[C@@H](NCc1ccccc1)c1ccc(F)cc1.[Na+]. The van der Waals surface area contributed by atoms with Gasteiger partial charge in [0.15, 0.2) is 0 Å². The predicted molar refractivity (Wildman–Crippen MR) is 74.7 cm³/mol. The molecule has 106 valence electrons. The molecular formula is C15H14ClFNNaO2. The van der Waals surface area contributed by atoms with Gasteiger partial charge in [-0.15, -0.1) is 12.4 Å². The van der Waals surface area contributed by atoms with Gasteiger partial charge in [0, 0.05) is 6.54 Å². The van der Waals surface area contributed by atoms with Crippen LogP contribution in [-0.2, 0) is 11.3 Å². The van der Waals surface area contributed by atoms with E-state index in [-0.39, 0.29) is 42.0 Å². The molecule has 2 rings (SSSR count). The van der Waals surface area contributed by atoms with Gasteiger partial charge in [0.25, 0.3) is 0 Å². The number of hydrogen-bond donors (Lipinski definition) is 1. The molecule has 0 saturated heterocycles. The van der Waals surface area contributed by atoms with Crippen LogP contribution >= 0.6 is 12.4 Å². The van der Waals surface area contributed by atoms with Gasteiger partial charge in [-0.05, 0) is 23.3 Å². The van der Waals surface area contributed by atoms with E-state index in [0.717, 1.165) is 5.56 Å². The molecule has 3 nitrogen and oxygen atoms in total. The van der Waals surface area contributed by atoms with Crippen LogP contribution in [0.15, 0.2) is 54.6 Å². The third-order valence-corrected chi connectivity index (χ3v) is 2.79. The van der Waals surface area contributed by atoms with Gasteiger partial charge in [-0.25, -0.2) is 4.39 Å². The standard InChI is InChI=1S/C15H14FNO2.ClH.Na/c16-13-8-6-12(7-9-13)14(15(18)19)17-10-11-4-2-1-3-5-11;;/h1-9,14,17H,10H2,(H,18,19);1H;/q;;+1/p-1/t14-;;/m0../s1. The summed E-state index contributed by atoms with van der Waals surface area (Å²) in [4.78, 5) is 11.1. The topological polar surface area (TPSA) is 52.2 Å². The molecule has 0 fully saturated rings. The summed E-state index contributed by atoms with van der Waals surface area (Å²) in [6.45, 7) is 0.400. The zero-order chi connectivity index (χ0) is 13.7. The summed E-state index contributed by atoms with van der Waals surface area (Å²) >= 11 is 0. The van der Waals surface area contributed by atoms with Gasteiger partial charge < -0.3 is 15.2 Å². The van der Waals surface area contributed by atoms with Crippen molar-refractivity contribution in [3.63, 3.8) is 0 Å². The fourth-order valence-corrected chi connectivity index (χ4v) is 1.81. The summed E-state index contributed by atoms with van der Waals surface area (Å²) in [6, 6.07) is 13.8. The van der Waals surface area contributed by atoms with Crippen molar-refractivity contribution >= 4 is 18.4 Å². The van der Waals surface area contributed by atoms with Crippen LogP contribution in [0.1, 0.15) is 17.2 Å². The molecule has 0 radical (unpaired) electrons. The van der Waals surface area contributed by atoms with Crippen LogP contribution < -0.4 is 40.0 Å². The third-order valence-electron chi connectivity index (χ3n) is 2.79. The molecule has 2 aromatic carbocycles. The van der Waals surface area contributed by atoms with Gasteiger partial charge >= 0.3 is 29.6 Å². The molecule has 0 aliphatic heterocycles. The molecule has 0 saturated carbocycles. The number of benzene rings is 2. The van der Waals surface area contributed by atoms with Gasteiger partial charge in [0.1, 0.15) is 5.82 Å². The van der Waals surface area contributed by atoms with E-state index in [0.29, 0.717) is 12.1 Å². The van der Waals surface area contributed by atoms with Crippen LogP contribution in [0.4, 0.5) is 4.39 Å². The predicted octanol–water partition coefficient (Wildman–Crippen LogP) is -1.17. The molecule has 1 atom stereocenters. The molecule has 0 spiro atoms. The molecule has 0 aliphatic carbocycles. The minimum absolute atomic E-state index is 0. The molecule has 0 unspecified atom stereocenters. The Morgan fingerprint density at radius 1 is 1.10 bits per heavy atom. The maximum absolute atomic E-state index is 12.8. The zero-order valence-corrected chi connectivity index (χ0v) is 14.4. The minimum Gasteiger partial charge on any atom is -0.548 e. The number of rotatable bonds is 5. The average Bonchev–Trinajstić information content (AvgIpc) is 2.42. The number of carboxylic acids is 1. The monoisotopic (exact) mass is 317 g/mol. The maximum atomic E-state index is 12.8. The van der Waals surface area contributed by atoms with Crippen LogP contribution in [-0.4, -0.2) is 5.97 Å². The Morgan fingerprint density at radius 2 is 1.67 bits per heavy atom. The van der Waals surface area contributed by atoms with Gasteiger partial charge in [-0.1, -0.05) is 42.5 Å². The number of carbonyl (C=O) groups is 1. The molecule has 0 heterocycles. The molecule has 0 aromatic heterocycles. The van der Waals surface area contributed by atoms with Gasteiger partial charge in [0.2, 0.25) is 0 Å². The second-order valence-corrected chi connectivity index (χ2v) is 4.17. The first-order valence-electron chi connectivity index (χ1n) is 5.90. The maximum Gasteiger partial charge on any atom is 1.00 e. The first-order chi connectivity index (χ1) is 9.16. The Bertz CT molecular complexity index is 551. The molecular weight excluding hydrogens is 304 g/mol. The summed E-state index contributed by atoms with van der Waals surface area (Å²) in [5.74, 6) is -1.63. The molecule has 2 aromatic rings. The van der Waals surface area contributed by atoms with E-state index >= 15 is 0 Å². The van der Waals surface area contributed by atoms with E-state index in [1.165, 1.54) is 24.3 Å². The summed E-state index contributed by atoms with van der Waals surface area (Å²) in [5, 5.41) is 14.0. The van der Waals surface area contributed by atoms with Crippen LogP contribution in [0.2, 0.25) is 0 Å². The molecule has 0 bridgehead atoms. The van der Waals surface area contributed by atoms with Crippen LogP contribution in [0.5, 0.6) is 0 Å². The first kappa shape index (κ1) is 20.1. The molecule has 21 heavy (non-hydrogen) atoms. The van der Waals surface area contributed by atoms with Crippen LogP contribution in [0.25, 0.3) is 0 Å². The molecule has 6 heteroatoms. The number of halogens is 2. The Balaban J connectivity index is 0.00000200. The summed E-state index contributed by atoms with van der Waals surface area (Å²) < 4.78 is 12.8.